The van der Waals surface area contributed by atoms with Gasteiger partial charge in [0.05, 0.1) is 18.2 Å². The summed E-state index contributed by atoms with van der Waals surface area (Å²) >= 11 is 0. The summed E-state index contributed by atoms with van der Waals surface area (Å²) in [7, 11) is 0. The van der Waals surface area contributed by atoms with Crippen LogP contribution in [-0.4, -0.2) is 70.1 Å². The Bertz CT molecular complexity index is 1280. The maximum Gasteiger partial charge on any atom is 0.410 e. The molecule has 2 amide bonds. The van der Waals surface area contributed by atoms with Crippen LogP contribution in [0, 0.1) is 12.7 Å². The Hall–Kier alpha value is -4.15. The Morgan fingerprint density at radius 3 is 2.54 bits per heavy atom. The monoisotopic (exact) mass is 540 g/mol. The quantitative estimate of drug-likeness (QED) is 0.402. The molecule has 0 unspecified atom stereocenters. The lowest BCUT2D eigenvalue weighted by molar-refractivity contribution is -0.00614. The highest BCUT2D eigenvalue weighted by Crippen LogP contribution is 2.27. The van der Waals surface area contributed by atoms with Crippen molar-refractivity contribution in [1.29, 1.82) is 0 Å². The molecule has 2 aromatic carbocycles. The smallest absolute Gasteiger partial charge is 0.410 e. The van der Waals surface area contributed by atoms with Gasteiger partial charge in [-0.15, -0.1) is 10.2 Å². The van der Waals surface area contributed by atoms with Crippen molar-refractivity contribution in [3.05, 3.63) is 65.8 Å². The summed E-state index contributed by atoms with van der Waals surface area (Å²) < 4.78 is 36.7. The number of halogens is 1. The Labute approximate surface area is 226 Å². The predicted octanol–water partition coefficient (Wildman–Crippen LogP) is 5.21. The van der Waals surface area contributed by atoms with Gasteiger partial charge in [0.15, 0.2) is 0 Å². The third-order valence-electron chi connectivity index (χ3n) is 5.99. The molecule has 1 saturated heterocycles. The first-order valence-electron chi connectivity index (χ1n) is 12.8. The summed E-state index contributed by atoms with van der Waals surface area (Å²) in [5.41, 5.74) is 0.354. The van der Waals surface area contributed by atoms with E-state index in [0.29, 0.717) is 24.6 Å². The van der Waals surface area contributed by atoms with E-state index in [1.54, 1.807) is 37.5 Å². The molecule has 2 heterocycles. The van der Waals surface area contributed by atoms with Gasteiger partial charge in [0, 0.05) is 33.0 Å². The van der Waals surface area contributed by atoms with Gasteiger partial charge < -0.3 is 28.4 Å². The van der Waals surface area contributed by atoms with E-state index in [9.17, 15) is 14.0 Å². The summed E-state index contributed by atoms with van der Waals surface area (Å²) in [6, 6.07) is 13.3. The summed E-state index contributed by atoms with van der Waals surface area (Å²) in [4.78, 5) is 29.0. The molecule has 1 atom stereocenters. The van der Waals surface area contributed by atoms with Crippen molar-refractivity contribution in [2.75, 3.05) is 26.2 Å². The Morgan fingerprint density at radius 2 is 1.85 bits per heavy atom. The molecule has 1 aliphatic heterocycles. The zero-order chi connectivity index (χ0) is 28.0. The van der Waals surface area contributed by atoms with Gasteiger partial charge in [-0.25, -0.2) is 14.0 Å². The summed E-state index contributed by atoms with van der Waals surface area (Å²) in [6.07, 6.45) is -0.513. The second kappa shape index (κ2) is 12.1. The number of benzene rings is 2. The average molecular weight is 541 g/mol. The highest BCUT2D eigenvalue weighted by molar-refractivity contribution is 5.71. The van der Waals surface area contributed by atoms with E-state index in [-0.39, 0.29) is 43.8 Å². The van der Waals surface area contributed by atoms with E-state index in [4.69, 9.17) is 18.6 Å². The van der Waals surface area contributed by atoms with Crippen molar-refractivity contribution in [2.45, 2.75) is 52.4 Å². The fourth-order valence-electron chi connectivity index (χ4n) is 4.12. The molecular weight excluding hydrogens is 507 g/mol. The number of rotatable bonds is 7. The zero-order valence-electron chi connectivity index (χ0n) is 22.6. The predicted molar refractivity (Wildman–Crippen MR) is 139 cm³/mol. The Balaban J connectivity index is 1.41. The number of aryl methyl sites for hydroxylation is 1. The molecular formula is C28H33FN4O6. The highest BCUT2D eigenvalue weighted by atomic mass is 19.1. The van der Waals surface area contributed by atoms with Crippen LogP contribution in [0.25, 0.3) is 11.5 Å². The van der Waals surface area contributed by atoms with Crippen molar-refractivity contribution >= 4 is 12.2 Å². The summed E-state index contributed by atoms with van der Waals surface area (Å²) in [5, 5.41) is 7.61. The van der Waals surface area contributed by atoms with Crippen molar-refractivity contribution in [3.8, 4) is 17.2 Å². The van der Waals surface area contributed by atoms with E-state index in [2.05, 4.69) is 10.2 Å². The van der Waals surface area contributed by atoms with Crippen LogP contribution in [0.1, 0.15) is 38.6 Å². The van der Waals surface area contributed by atoms with Crippen LogP contribution in [0.2, 0.25) is 0 Å². The van der Waals surface area contributed by atoms with Crippen LogP contribution in [0.4, 0.5) is 14.0 Å². The molecule has 0 saturated carbocycles. The first-order chi connectivity index (χ1) is 18.6. The van der Waals surface area contributed by atoms with Crippen LogP contribution >= 0.6 is 0 Å². The molecule has 11 heteroatoms. The van der Waals surface area contributed by atoms with Gasteiger partial charge in [-0.2, -0.15) is 0 Å². The molecule has 0 bridgehead atoms. The Morgan fingerprint density at radius 1 is 1.08 bits per heavy atom. The van der Waals surface area contributed by atoms with E-state index in [0.717, 1.165) is 5.56 Å². The zero-order valence-corrected chi connectivity index (χ0v) is 22.6. The highest BCUT2D eigenvalue weighted by Gasteiger charge is 2.35. The van der Waals surface area contributed by atoms with E-state index in [1.165, 1.54) is 18.2 Å². The standard InChI is InChI=1S/C28H33FN4O6/c1-19-30-31-25(38-19)23-16-22(10-11-24(23)29)36-15-12-21-17-32(13-14-33(21)27(35)39-28(2,3)4)26(34)37-18-20-8-6-5-7-9-20/h5-11,16,21H,12-15,17-18H2,1-4H3/t21-/m1/s1. The minimum Gasteiger partial charge on any atom is -0.493 e. The molecule has 39 heavy (non-hydrogen) atoms. The molecule has 208 valence electrons. The number of piperazine rings is 1. The lowest BCUT2D eigenvalue weighted by atomic mass is 10.1. The number of nitrogens with zero attached hydrogens (tertiary/aromatic N) is 4. The summed E-state index contributed by atoms with van der Waals surface area (Å²) in [6.45, 7) is 8.25. The number of aromatic nitrogens is 2. The van der Waals surface area contributed by atoms with Gasteiger partial charge in [-0.1, -0.05) is 30.3 Å². The maximum absolute atomic E-state index is 14.4. The number of hydrogen-bond acceptors (Lipinski definition) is 8. The lowest BCUT2D eigenvalue weighted by Crippen LogP contribution is -2.57. The molecule has 4 rings (SSSR count). The van der Waals surface area contributed by atoms with Gasteiger partial charge in [-0.3, -0.25) is 0 Å². The van der Waals surface area contributed by atoms with Crippen LogP contribution in [0.5, 0.6) is 5.75 Å². The topological polar surface area (TPSA) is 107 Å². The lowest BCUT2D eigenvalue weighted by Gasteiger charge is -2.41. The van der Waals surface area contributed by atoms with E-state index < -0.39 is 23.6 Å². The van der Waals surface area contributed by atoms with Gasteiger partial charge in [0.25, 0.3) is 5.89 Å². The minimum atomic E-state index is -0.665. The molecule has 1 aliphatic rings. The van der Waals surface area contributed by atoms with Crippen molar-refractivity contribution in [3.63, 3.8) is 0 Å². The van der Waals surface area contributed by atoms with Gasteiger partial charge in [0.1, 0.15) is 23.8 Å². The number of carbonyl (C=O) groups excluding carboxylic acids is 2. The molecule has 0 radical (unpaired) electrons. The van der Waals surface area contributed by atoms with Crippen LogP contribution in [0.3, 0.4) is 0 Å². The van der Waals surface area contributed by atoms with Crippen molar-refractivity contribution < 1.29 is 32.6 Å². The van der Waals surface area contributed by atoms with E-state index in [1.807, 2.05) is 30.3 Å². The van der Waals surface area contributed by atoms with Gasteiger partial charge in [0.2, 0.25) is 5.89 Å². The van der Waals surface area contributed by atoms with Gasteiger partial charge in [-0.05, 0) is 44.5 Å². The first kappa shape index (κ1) is 27.9. The SMILES string of the molecule is Cc1nnc(-c2cc(OCC[C@@H]3CN(C(=O)OCc4ccccc4)CCN3C(=O)OC(C)(C)C)ccc2F)o1. The van der Waals surface area contributed by atoms with Crippen LogP contribution in [0.15, 0.2) is 52.9 Å². The van der Waals surface area contributed by atoms with Crippen molar-refractivity contribution in [1.82, 2.24) is 20.0 Å². The molecule has 0 N–H and O–H groups in total. The second-order valence-electron chi connectivity index (χ2n) is 10.2. The van der Waals surface area contributed by atoms with Crippen LogP contribution in [-0.2, 0) is 16.1 Å². The second-order valence-corrected chi connectivity index (χ2v) is 10.2. The fraction of sp³-hybridized carbons (Fsp3) is 0.429. The molecule has 10 nitrogen and oxygen atoms in total. The maximum atomic E-state index is 14.4. The normalized spacial score (nSPS) is 15.7. The molecule has 0 spiro atoms. The number of amides is 2. The van der Waals surface area contributed by atoms with Crippen LogP contribution < -0.4 is 4.74 Å². The number of hydrogen-bond donors (Lipinski definition) is 0. The average Bonchev–Trinajstić information content (AvgIpc) is 3.33. The third kappa shape index (κ3) is 7.68. The molecule has 0 aliphatic carbocycles. The minimum absolute atomic E-state index is 0.0588. The molecule has 1 fully saturated rings. The molecule has 1 aromatic heterocycles. The third-order valence-corrected chi connectivity index (χ3v) is 5.99. The summed E-state index contributed by atoms with van der Waals surface area (Å²) in [5.74, 6) is 0.269. The molecule has 3 aromatic rings. The fourth-order valence-corrected chi connectivity index (χ4v) is 4.12. The van der Waals surface area contributed by atoms with Gasteiger partial charge >= 0.3 is 12.2 Å². The Kier molecular flexibility index (Phi) is 8.68. The number of ether oxygens (including phenoxy) is 3. The largest absolute Gasteiger partial charge is 0.493 e. The van der Waals surface area contributed by atoms with Crippen molar-refractivity contribution in [2.24, 2.45) is 0 Å². The van der Waals surface area contributed by atoms with E-state index >= 15 is 0 Å². The number of carbonyl (C=O) groups is 2. The first-order valence-corrected chi connectivity index (χ1v) is 12.8.